The molecule has 0 aliphatic carbocycles. The summed E-state index contributed by atoms with van der Waals surface area (Å²) in [6, 6.07) is 9.19. The Morgan fingerprint density at radius 2 is 1.82 bits per heavy atom. The lowest BCUT2D eigenvalue weighted by atomic mass is 10.2. The summed E-state index contributed by atoms with van der Waals surface area (Å²) in [5.41, 5.74) is 0.851. The van der Waals surface area contributed by atoms with Crippen LogP contribution in [-0.4, -0.2) is 18.4 Å². The third-order valence-corrected chi connectivity index (χ3v) is 1.79. The van der Waals surface area contributed by atoms with E-state index in [1.807, 2.05) is 30.3 Å². The average Bonchev–Trinajstić information content (AvgIpc) is 2.26. The van der Waals surface area contributed by atoms with Crippen LogP contribution in [-0.2, 0) is 25.6 Å². The molecule has 5 heteroatoms. The molecule has 0 aliphatic heterocycles. The van der Waals surface area contributed by atoms with Crippen LogP contribution in [0.5, 0.6) is 0 Å². The number of esters is 1. The molecule has 5 nitrogen and oxygen atoms in total. The Balaban J connectivity index is 2.28. The van der Waals surface area contributed by atoms with E-state index < -0.39 is 18.4 Å². The minimum absolute atomic E-state index is 0.118. The lowest BCUT2D eigenvalue weighted by Crippen LogP contribution is -2.20. The zero-order chi connectivity index (χ0) is 12.7. The van der Waals surface area contributed by atoms with Gasteiger partial charge in [0.25, 0.3) is 0 Å². The molecule has 1 aromatic rings. The van der Waals surface area contributed by atoms with Crippen LogP contribution >= 0.6 is 0 Å². The molecule has 0 saturated heterocycles. The zero-order valence-electron chi connectivity index (χ0n) is 9.71. The molecule has 0 radical (unpaired) electrons. The van der Waals surface area contributed by atoms with Crippen molar-refractivity contribution in [2.24, 2.45) is 0 Å². The molecule has 0 spiro atoms. The molecular formula is C12H14O5. The van der Waals surface area contributed by atoms with Crippen molar-refractivity contribution < 1.29 is 23.8 Å². The van der Waals surface area contributed by atoms with Gasteiger partial charge in [-0.05, 0) is 5.56 Å². The molecule has 0 heterocycles. The third-order valence-electron chi connectivity index (χ3n) is 1.79. The molecule has 0 saturated carbocycles. The van der Waals surface area contributed by atoms with Gasteiger partial charge in [-0.3, -0.25) is 4.79 Å². The van der Waals surface area contributed by atoms with Crippen LogP contribution in [0.4, 0.5) is 4.79 Å². The van der Waals surface area contributed by atoms with E-state index in [4.69, 9.17) is 4.74 Å². The molecule has 1 rings (SSSR count). The Kier molecular flexibility index (Phi) is 5.00. The van der Waals surface area contributed by atoms with E-state index in [-0.39, 0.29) is 6.61 Å². The fourth-order valence-corrected chi connectivity index (χ4v) is 1.14. The summed E-state index contributed by atoms with van der Waals surface area (Å²) in [5, 5.41) is 0. The fourth-order valence-electron chi connectivity index (χ4n) is 1.14. The van der Waals surface area contributed by atoms with E-state index in [1.54, 1.807) is 0 Å². The second-order valence-corrected chi connectivity index (χ2v) is 3.32. The lowest BCUT2D eigenvalue weighted by molar-refractivity contribution is -0.165. The van der Waals surface area contributed by atoms with Gasteiger partial charge in [0, 0.05) is 13.8 Å². The molecule has 17 heavy (non-hydrogen) atoms. The maximum absolute atomic E-state index is 11.2. The highest BCUT2D eigenvalue weighted by atomic mass is 16.8. The van der Waals surface area contributed by atoms with Crippen LogP contribution < -0.4 is 0 Å². The highest BCUT2D eigenvalue weighted by Gasteiger charge is 2.12. The van der Waals surface area contributed by atoms with Crippen molar-refractivity contribution in [2.75, 3.05) is 0 Å². The third kappa shape index (κ3) is 5.55. The quantitative estimate of drug-likeness (QED) is 0.594. The van der Waals surface area contributed by atoms with Crippen molar-refractivity contribution in [1.82, 2.24) is 0 Å². The predicted octanol–water partition coefficient (Wildman–Crippen LogP) is 2.25. The van der Waals surface area contributed by atoms with E-state index in [0.29, 0.717) is 0 Å². The first kappa shape index (κ1) is 13.0. The molecule has 0 aromatic heterocycles. The fraction of sp³-hybridized carbons (Fsp3) is 0.333. The van der Waals surface area contributed by atoms with Gasteiger partial charge >= 0.3 is 12.1 Å². The van der Waals surface area contributed by atoms with Crippen molar-refractivity contribution in [2.45, 2.75) is 26.7 Å². The van der Waals surface area contributed by atoms with E-state index in [9.17, 15) is 9.59 Å². The topological polar surface area (TPSA) is 61.8 Å². The predicted molar refractivity (Wildman–Crippen MR) is 58.9 cm³/mol. The smallest absolute Gasteiger partial charge is 0.429 e. The molecular weight excluding hydrogens is 224 g/mol. The number of carbonyl (C=O) groups is 2. The minimum Gasteiger partial charge on any atom is -0.429 e. The Bertz CT molecular complexity index is 374. The van der Waals surface area contributed by atoms with Crippen molar-refractivity contribution in [3.8, 4) is 0 Å². The van der Waals surface area contributed by atoms with Crippen LogP contribution in [0.1, 0.15) is 19.4 Å². The maximum Gasteiger partial charge on any atom is 0.511 e. The molecule has 0 N–H and O–H groups in total. The van der Waals surface area contributed by atoms with Crippen molar-refractivity contribution in [3.63, 3.8) is 0 Å². The monoisotopic (exact) mass is 238 g/mol. The van der Waals surface area contributed by atoms with Crippen molar-refractivity contribution in [3.05, 3.63) is 35.9 Å². The highest BCUT2D eigenvalue weighted by molar-refractivity contribution is 5.66. The molecule has 1 aromatic carbocycles. The zero-order valence-corrected chi connectivity index (χ0v) is 9.71. The largest absolute Gasteiger partial charge is 0.511 e. The first-order chi connectivity index (χ1) is 8.08. The van der Waals surface area contributed by atoms with Gasteiger partial charge < -0.3 is 14.2 Å². The van der Waals surface area contributed by atoms with Crippen LogP contribution in [0, 0.1) is 0 Å². The molecule has 0 bridgehead atoms. The molecule has 0 amide bonds. The van der Waals surface area contributed by atoms with Gasteiger partial charge in [0.15, 0.2) is 0 Å². The summed E-state index contributed by atoms with van der Waals surface area (Å²) >= 11 is 0. The summed E-state index contributed by atoms with van der Waals surface area (Å²) in [6.07, 6.45) is -1.82. The maximum atomic E-state index is 11.2. The van der Waals surface area contributed by atoms with Crippen LogP contribution in [0.25, 0.3) is 0 Å². The molecule has 1 atom stereocenters. The number of hydrogen-bond donors (Lipinski definition) is 0. The van der Waals surface area contributed by atoms with Crippen LogP contribution in [0.15, 0.2) is 30.3 Å². The first-order valence-corrected chi connectivity index (χ1v) is 5.12. The SMILES string of the molecule is CC(=O)OC(C)OC(=O)OCc1ccccc1. The Labute approximate surface area is 99.3 Å². The number of rotatable bonds is 4. The summed E-state index contributed by atoms with van der Waals surface area (Å²) in [4.78, 5) is 21.7. The number of carbonyl (C=O) groups excluding carboxylic acids is 2. The van der Waals surface area contributed by atoms with Crippen LogP contribution in [0.3, 0.4) is 0 Å². The lowest BCUT2D eigenvalue weighted by Gasteiger charge is -2.12. The van der Waals surface area contributed by atoms with Gasteiger partial charge in [-0.2, -0.15) is 0 Å². The summed E-state index contributed by atoms with van der Waals surface area (Å²) < 4.78 is 14.1. The van der Waals surface area contributed by atoms with E-state index in [2.05, 4.69) is 9.47 Å². The van der Waals surface area contributed by atoms with Crippen molar-refractivity contribution >= 4 is 12.1 Å². The Morgan fingerprint density at radius 3 is 2.41 bits per heavy atom. The van der Waals surface area contributed by atoms with Crippen LogP contribution in [0.2, 0.25) is 0 Å². The number of ether oxygens (including phenoxy) is 3. The standard InChI is InChI=1S/C12H14O5/c1-9(13)16-10(2)17-12(14)15-8-11-6-4-3-5-7-11/h3-7,10H,8H2,1-2H3. The summed E-state index contributed by atoms with van der Waals surface area (Å²) in [7, 11) is 0. The van der Waals surface area contributed by atoms with E-state index in [0.717, 1.165) is 5.56 Å². The van der Waals surface area contributed by atoms with Gasteiger partial charge in [-0.1, -0.05) is 30.3 Å². The normalized spacial score (nSPS) is 11.4. The molecule has 1 unspecified atom stereocenters. The van der Waals surface area contributed by atoms with E-state index >= 15 is 0 Å². The second kappa shape index (κ2) is 6.52. The summed E-state index contributed by atoms with van der Waals surface area (Å²) in [6.45, 7) is 2.78. The highest BCUT2D eigenvalue weighted by Crippen LogP contribution is 2.03. The average molecular weight is 238 g/mol. The minimum atomic E-state index is -0.948. The van der Waals surface area contributed by atoms with Gasteiger partial charge in [0.1, 0.15) is 6.61 Å². The molecule has 0 fully saturated rings. The molecule has 92 valence electrons. The Morgan fingerprint density at radius 1 is 1.18 bits per heavy atom. The van der Waals surface area contributed by atoms with Crippen molar-refractivity contribution in [1.29, 1.82) is 0 Å². The number of benzene rings is 1. The summed E-state index contributed by atoms with van der Waals surface area (Å²) in [5.74, 6) is -0.520. The van der Waals surface area contributed by atoms with Gasteiger partial charge in [0.05, 0.1) is 0 Å². The second-order valence-electron chi connectivity index (χ2n) is 3.32. The molecule has 0 aliphatic rings. The first-order valence-electron chi connectivity index (χ1n) is 5.12. The number of hydrogen-bond acceptors (Lipinski definition) is 5. The van der Waals surface area contributed by atoms with Gasteiger partial charge in [0.2, 0.25) is 6.29 Å². The van der Waals surface area contributed by atoms with Gasteiger partial charge in [-0.15, -0.1) is 0 Å². The van der Waals surface area contributed by atoms with Gasteiger partial charge in [-0.25, -0.2) is 4.79 Å². The van der Waals surface area contributed by atoms with E-state index in [1.165, 1.54) is 13.8 Å². The Hall–Kier alpha value is -2.04.